The van der Waals surface area contributed by atoms with Crippen LogP contribution in [0.1, 0.15) is 35.0 Å². The van der Waals surface area contributed by atoms with Crippen LogP contribution in [-0.4, -0.2) is 35.5 Å². The highest BCUT2D eigenvalue weighted by Gasteiger charge is 2.26. The third-order valence-corrected chi connectivity index (χ3v) is 5.35. The van der Waals surface area contributed by atoms with Gasteiger partial charge in [0.1, 0.15) is 11.9 Å². The van der Waals surface area contributed by atoms with E-state index in [0.717, 1.165) is 23.4 Å². The summed E-state index contributed by atoms with van der Waals surface area (Å²) >= 11 is 0. The average Bonchev–Trinajstić information content (AvgIpc) is 2.79. The average molecular weight is 404 g/mol. The molecule has 154 valence electrons. The van der Waals surface area contributed by atoms with Crippen molar-refractivity contribution in [2.75, 3.05) is 19.7 Å². The predicted molar refractivity (Wildman–Crippen MR) is 113 cm³/mol. The van der Waals surface area contributed by atoms with Gasteiger partial charge in [-0.15, -0.1) is 0 Å². The van der Waals surface area contributed by atoms with E-state index in [0.29, 0.717) is 32.5 Å². The van der Waals surface area contributed by atoms with Gasteiger partial charge in [-0.25, -0.2) is 4.39 Å². The number of pyridine rings is 1. The summed E-state index contributed by atoms with van der Waals surface area (Å²) < 4.78 is 19.0. The molecule has 0 spiro atoms. The van der Waals surface area contributed by atoms with Crippen LogP contribution in [0.15, 0.2) is 72.8 Å². The van der Waals surface area contributed by atoms with Gasteiger partial charge in [0.2, 0.25) is 5.91 Å². The molecule has 4 nitrogen and oxygen atoms in total. The Morgan fingerprint density at radius 3 is 2.60 bits per heavy atom. The molecule has 0 saturated carbocycles. The number of hydrogen-bond acceptors (Lipinski definition) is 3. The second-order valence-corrected chi connectivity index (χ2v) is 7.54. The van der Waals surface area contributed by atoms with Gasteiger partial charge in [-0.3, -0.25) is 9.78 Å². The van der Waals surface area contributed by atoms with Crippen molar-refractivity contribution in [1.29, 1.82) is 0 Å². The van der Waals surface area contributed by atoms with E-state index < -0.39 is 0 Å². The van der Waals surface area contributed by atoms with Gasteiger partial charge in [0.05, 0.1) is 18.8 Å². The standard InChI is InChI=1S/C25H25FN2O2/c26-21-12-9-19(10-13-21)11-14-25(29)28-15-16-30-24(18-28)23-8-4-7-22(27-23)17-20-5-2-1-3-6-20/h1-10,12-13,24H,11,14-18H2/t24-/m1/s1. The van der Waals surface area contributed by atoms with E-state index in [2.05, 4.69) is 12.1 Å². The summed E-state index contributed by atoms with van der Waals surface area (Å²) in [5.41, 5.74) is 4.02. The molecule has 30 heavy (non-hydrogen) atoms. The Morgan fingerprint density at radius 2 is 1.80 bits per heavy atom. The van der Waals surface area contributed by atoms with Crippen molar-refractivity contribution in [2.45, 2.75) is 25.4 Å². The van der Waals surface area contributed by atoms with Gasteiger partial charge in [0.15, 0.2) is 0 Å². The van der Waals surface area contributed by atoms with Crippen LogP contribution >= 0.6 is 0 Å². The lowest BCUT2D eigenvalue weighted by Crippen LogP contribution is -2.42. The molecule has 1 aliphatic heterocycles. The molecule has 1 atom stereocenters. The molecule has 1 aliphatic rings. The van der Waals surface area contributed by atoms with Crippen molar-refractivity contribution in [3.63, 3.8) is 0 Å². The largest absolute Gasteiger partial charge is 0.368 e. The third kappa shape index (κ3) is 5.30. The number of amides is 1. The Morgan fingerprint density at radius 1 is 1.00 bits per heavy atom. The molecule has 0 aliphatic carbocycles. The van der Waals surface area contributed by atoms with E-state index in [1.165, 1.54) is 17.7 Å². The van der Waals surface area contributed by atoms with E-state index >= 15 is 0 Å². The van der Waals surface area contributed by atoms with Crippen molar-refractivity contribution >= 4 is 5.91 Å². The molecule has 2 aromatic carbocycles. The van der Waals surface area contributed by atoms with E-state index in [1.807, 2.05) is 41.3 Å². The Balaban J connectivity index is 1.36. The number of carbonyl (C=O) groups excluding carboxylic acids is 1. The number of hydrogen-bond donors (Lipinski definition) is 0. The number of benzene rings is 2. The van der Waals surface area contributed by atoms with Gasteiger partial charge >= 0.3 is 0 Å². The van der Waals surface area contributed by atoms with Gasteiger partial charge in [-0.05, 0) is 41.8 Å². The van der Waals surface area contributed by atoms with E-state index in [4.69, 9.17) is 9.72 Å². The maximum Gasteiger partial charge on any atom is 0.223 e. The maximum atomic E-state index is 13.0. The van der Waals surface area contributed by atoms with Crippen molar-refractivity contribution in [2.24, 2.45) is 0 Å². The zero-order valence-corrected chi connectivity index (χ0v) is 16.8. The molecule has 1 fully saturated rings. The summed E-state index contributed by atoms with van der Waals surface area (Å²) in [7, 11) is 0. The lowest BCUT2D eigenvalue weighted by Gasteiger charge is -2.33. The number of ether oxygens (including phenoxy) is 1. The van der Waals surface area contributed by atoms with Crippen molar-refractivity contribution in [1.82, 2.24) is 9.88 Å². The van der Waals surface area contributed by atoms with Crippen LogP contribution < -0.4 is 0 Å². The highest BCUT2D eigenvalue weighted by molar-refractivity contribution is 5.76. The highest BCUT2D eigenvalue weighted by atomic mass is 19.1. The SMILES string of the molecule is O=C(CCc1ccc(F)cc1)N1CCO[C@@H](c2cccc(Cc3ccccc3)n2)C1. The quantitative estimate of drug-likeness (QED) is 0.614. The first-order valence-electron chi connectivity index (χ1n) is 10.3. The zero-order valence-electron chi connectivity index (χ0n) is 16.8. The first-order valence-corrected chi connectivity index (χ1v) is 10.3. The van der Waals surface area contributed by atoms with Gasteiger partial charge < -0.3 is 9.64 Å². The Bertz CT molecular complexity index is 976. The molecule has 1 aromatic heterocycles. The number of halogens is 1. The summed E-state index contributed by atoms with van der Waals surface area (Å²) in [6, 6.07) is 22.5. The van der Waals surface area contributed by atoms with E-state index in [1.54, 1.807) is 12.1 Å². The van der Waals surface area contributed by atoms with E-state index in [-0.39, 0.29) is 17.8 Å². The topological polar surface area (TPSA) is 42.4 Å². The molecule has 0 radical (unpaired) electrons. The molecule has 5 heteroatoms. The van der Waals surface area contributed by atoms with Gasteiger partial charge in [0.25, 0.3) is 0 Å². The van der Waals surface area contributed by atoms with E-state index in [9.17, 15) is 9.18 Å². The maximum absolute atomic E-state index is 13.0. The molecule has 0 unspecified atom stereocenters. The summed E-state index contributed by atoms with van der Waals surface area (Å²) in [6.07, 6.45) is 1.55. The first-order chi connectivity index (χ1) is 14.7. The number of morpholine rings is 1. The predicted octanol–water partition coefficient (Wildman–Crippen LogP) is 4.34. The van der Waals surface area contributed by atoms with Crippen LogP contribution in [0.5, 0.6) is 0 Å². The minimum atomic E-state index is -0.261. The van der Waals surface area contributed by atoms with Crippen LogP contribution in [0.25, 0.3) is 0 Å². The van der Waals surface area contributed by atoms with Crippen LogP contribution in [0.3, 0.4) is 0 Å². The number of aryl methyl sites for hydroxylation is 1. The van der Waals surface area contributed by atoms with Crippen LogP contribution in [0, 0.1) is 5.82 Å². The first kappa shape index (κ1) is 20.2. The Labute approximate surface area is 176 Å². The van der Waals surface area contributed by atoms with Crippen molar-refractivity contribution < 1.29 is 13.9 Å². The normalized spacial score (nSPS) is 16.4. The summed E-state index contributed by atoms with van der Waals surface area (Å²) in [5, 5.41) is 0. The number of aromatic nitrogens is 1. The Hall–Kier alpha value is -3.05. The summed E-state index contributed by atoms with van der Waals surface area (Å²) in [4.78, 5) is 19.3. The molecule has 0 N–H and O–H groups in total. The summed E-state index contributed by atoms with van der Waals surface area (Å²) in [6.45, 7) is 1.59. The second kappa shape index (κ2) is 9.63. The van der Waals surface area contributed by atoms with Crippen molar-refractivity contribution in [3.8, 4) is 0 Å². The number of carbonyl (C=O) groups is 1. The fourth-order valence-corrected chi connectivity index (χ4v) is 3.70. The lowest BCUT2D eigenvalue weighted by molar-refractivity contribution is -0.139. The van der Waals surface area contributed by atoms with Crippen LogP contribution in [0.2, 0.25) is 0 Å². The molecule has 1 amide bonds. The molecular formula is C25H25FN2O2. The second-order valence-electron chi connectivity index (χ2n) is 7.54. The molecule has 2 heterocycles. The third-order valence-electron chi connectivity index (χ3n) is 5.35. The fraction of sp³-hybridized carbons (Fsp3) is 0.280. The van der Waals surface area contributed by atoms with Crippen LogP contribution in [-0.2, 0) is 22.4 Å². The molecule has 4 rings (SSSR count). The fourth-order valence-electron chi connectivity index (χ4n) is 3.70. The van der Waals surface area contributed by atoms with Gasteiger partial charge in [-0.2, -0.15) is 0 Å². The van der Waals surface area contributed by atoms with Crippen LogP contribution in [0.4, 0.5) is 4.39 Å². The highest BCUT2D eigenvalue weighted by Crippen LogP contribution is 2.22. The lowest BCUT2D eigenvalue weighted by atomic mass is 10.1. The van der Waals surface area contributed by atoms with Gasteiger partial charge in [0, 0.05) is 25.1 Å². The van der Waals surface area contributed by atoms with Gasteiger partial charge in [-0.1, -0.05) is 48.5 Å². The van der Waals surface area contributed by atoms with Crippen molar-refractivity contribution in [3.05, 3.63) is 101 Å². The summed E-state index contributed by atoms with van der Waals surface area (Å²) in [5.74, 6) is -0.170. The molecule has 1 saturated heterocycles. The minimum Gasteiger partial charge on any atom is -0.368 e. The number of nitrogens with zero attached hydrogens (tertiary/aromatic N) is 2. The minimum absolute atomic E-state index is 0.0908. The number of rotatable bonds is 6. The Kier molecular flexibility index (Phi) is 6.50. The molecular weight excluding hydrogens is 379 g/mol. The zero-order chi connectivity index (χ0) is 20.8. The smallest absolute Gasteiger partial charge is 0.223 e. The molecule has 0 bridgehead atoms. The molecule has 3 aromatic rings. The monoisotopic (exact) mass is 404 g/mol.